The zero-order valence-corrected chi connectivity index (χ0v) is 14.5. The molecule has 0 aliphatic carbocycles. The Morgan fingerprint density at radius 3 is 2.46 bits per heavy atom. The molecular formula is C20H21NO5. The van der Waals surface area contributed by atoms with E-state index >= 15 is 0 Å². The largest absolute Gasteiger partial charge is 0.496 e. The fourth-order valence-electron chi connectivity index (χ4n) is 3.30. The quantitative estimate of drug-likeness (QED) is 0.892. The van der Waals surface area contributed by atoms with Gasteiger partial charge in [-0.3, -0.25) is 4.79 Å². The van der Waals surface area contributed by atoms with Crippen molar-refractivity contribution in [2.45, 2.75) is 12.5 Å². The summed E-state index contributed by atoms with van der Waals surface area (Å²) in [5, 5.41) is 9.60. The second kappa shape index (κ2) is 7.91. The fraction of sp³-hybridized carbons (Fsp3) is 0.300. The first kappa shape index (κ1) is 17.8. The van der Waals surface area contributed by atoms with Gasteiger partial charge in [0.2, 0.25) is 0 Å². The number of para-hydroxylation sites is 1. The van der Waals surface area contributed by atoms with Crippen LogP contribution in [0.15, 0.2) is 54.6 Å². The van der Waals surface area contributed by atoms with E-state index in [1.807, 2.05) is 48.5 Å². The van der Waals surface area contributed by atoms with E-state index in [2.05, 4.69) is 0 Å². The number of benzene rings is 2. The number of nitrogens with zero attached hydrogens (tertiary/aromatic N) is 1. The summed E-state index contributed by atoms with van der Waals surface area (Å²) in [5.74, 6) is -1.34. The normalized spacial score (nSPS) is 19.2. The van der Waals surface area contributed by atoms with Crippen LogP contribution in [0.25, 0.3) is 0 Å². The molecule has 6 heteroatoms. The Balaban J connectivity index is 1.72. The van der Waals surface area contributed by atoms with Crippen molar-refractivity contribution in [3.05, 3.63) is 65.7 Å². The van der Waals surface area contributed by atoms with Crippen LogP contribution in [0.2, 0.25) is 0 Å². The van der Waals surface area contributed by atoms with Crippen LogP contribution in [0.3, 0.4) is 0 Å². The molecule has 2 aromatic rings. The number of likely N-dealkylation sites (tertiary alicyclic amines) is 1. The van der Waals surface area contributed by atoms with Gasteiger partial charge in [0, 0.05) is 19.0 Å². The van der Waals surface area contributed by atoms with E-state index in [-0.39, 0.29) is 25.6 Å². The highest BCUT2D eigenvalue weighted by Crippen LogP contribution is 2.37. The number of carbonyl (C=O) groups is 2. The SMILES string of the molecule is COc1ccccc1C1CN(C(=O)OCc2ccccc2)CC1C(=O)O. The number of carboxylic acid groups (broad SMARTS) is 1. The van der Waals surface area contributed by atoms with Crippen LogP contribution in [0, 0.1) is 5.92 Å². The van der Waals surface area contributed by atoms with E-state index in [9.17, 15) is 14.7 Å². The van der Waals surface area contributed by atoms with Gasteiger partial charge in [-0.1, -0.05) is 48.5 Å². The summed E-state index contributed by atoms with van der Waals surface area (Å²) in [6.07, 6.45) is -0.502. The Hall–Kier alpha value is -3.02. The molecule has 6 nitrogen and oxygen atoms in total. The fourth-order valence-corrected chi connectivity index (χ4v) is 3.30. The lowest BCUT2D eigenvalue weighted by atomic mass is 9.88. The van der Waals surface area contributed by atoms with Crippen molar-refractivity contribution in [2.75, 3.05) is 20.2 Å². The van der Waals surface area contributed by atoms with Crippen molar-refractivity contribution in [3.8, 4) is 5.75 Å². The lowest BCUT2D eigenvalue weighted by Crippen LogP contribution is -2.30. The van der Waals surface area contributed by atoms with E-state index in [0.717, 1.165) is 11.1 Å². The highest BCUT2D eigenvalue weighted by molar-refractivity contribution is 5.76. The summed E-state index contributed by atoms with van der Waals surface area (Å²) in [7, 11) is 1.55. The second-order valence-electron chi connectivity index (χ2n) is 6.24. The summed E-state index contributed by atoms with van der Waals surface area (Å²) in [4.78, 5) is 25.6. The number of carbonyl (C=O) groups excluding carboxylic acids is 1. The zero-order chi connectivity index (χ0) is 18.5. The van der Waals surface area contributed by atoms with Crippen molar-refractivity contribution < 1.29 is 24.2 Å². The van der Waals surface area contributed by atoms with Gasteiger partial charge in [0.05, 0.1) is 13.0 Å². The van der Waals surface area contributed by atoms with Gasteiger partial charge in [0.25, 0.3) is 0 Å². The lowest BCUT2D eigenvalue weighted by molar-refractivity contribution is -0.141. The summed E-state index contributed by atoms with van der Waals surface area (Å²) >= 11 is 0. The van der Waals surface area contributed by atoms with Gasteiger partial charge >= 0.3 is 12.1 Å². The van der Waals surface area contributed by atoms with Gasteiger partial charge in [0.1, 0.15) is 12.4 Å². The Kier molecular flexibility index (Phi) is 5.41. The van der Waals surface area contributed by atoms with Gasteiger partial charge in [-0.15, -0.1) is 0 Å². The van der Waals surface area contributed by atoms with Gasteiger partial charge < -0.3 is 19.5 Å². The molecule has 0 aromatic heterocycles. The average molecular weight is 355 g/mol. The molecule has 1 aliphatic heterocycles. The van der Waals surface area contributed by atoms with Crippen LogP contribution < -0.4 is 4.74 Å². The molecule has 2 aromatic carbocycles. The molecule has 3 rings (SSSR count). The zero-order valence-electron chi connectivity index (χ0n) is 14.5. The molecule has 0 radical (unpaired) electrons. The molecule has 1 saturated heterocycles. The molecule has 0 bridgehead atoms. The van der Waals surface area contributed by atoms with E-state index in [0.29, 0.717) is 5.75 Å². The molecule has 2 atom stereocenters. The Morgan fingerprint density at radius 2 is 1.77 bits per heavy atom. The Labute approximate surface area is 152 Å². The molecule has 1 amide bonds. The van der Waals surface area contributed by atoms with E-state index in [1.165, 1.54) is 4.90 Å². The molecule has 26 heavy (non-hydrogen) atoms. The molecule has 1 heterocycles. The van der Waals surface area contributed by atoms with Crippen LogP contribution in [0.4, 0.5) is 4.79 Å². The minimum atomic E-state index is -0.931. The minimum absolute atomic E-state index is 0.117. The highest BCUT2D eigenvalue weighted by Gasteiger charge is 2.42. The number of aliphatic carboxylic acids is 1. The predicted octanol–water partition coefficient (Wildman–Crippen LogP) is 3.13. The van der Waals surface area contributed by atoms with Gasteiger partial charge in [-0.2, -0.15) is 0 Å². The number of ether oxygens (including phenoxy) is 2. The number of hydrogen-bond donors (Lipinski definition) is 1. The van der Waals surface area contributed by atoms with Crippen molar-refractivity contribution in [1.29, 1.82) is 0 Å². The van der Waals surface area contributed by atoms with Crippen LogP contribution in [-0.4, -0.2) is 42.3 Å². The molecule has 0 saturated carbocycles. The van der Waals surface area contributed by atoms with Crippen LogP contribution in [0.1, 0.15) is 17.0 Å². The molecule has 1 N–H and O–H groups in total. The van der Waals surface area contributed by atoms with E-state index in [4.69, 9.17) is 9.47 Å². The smallest absolute Gasteiger partial charge is 0.410 e. The molecular weight excluding hydrogens is 334 g/mol. The Morgan fingerprint density at radius 1 is 1.08 bits per heavy atom. The third kappa shape index (κ3) is 3.79. The summed E-state index contributed by atoms with van der Waals surface area (Å²) in [6, 6.07) is 16.7. The Bertz CT molecular complexity index is 777. The van der Waals surface area contributed by atoms with Crippen molar-refractivity contribution in [2.24, 2.45) is 5.92 Å². The number of amides is 1. The average Bonchev–Trinajstić information content (AvgIpc) is 3.12. The summed E-state index contributed by atoms with van der Waals surface area (Å²) in [6.45, 7) is 0.559. The third-order valence-electron chi connectivity index (χ3n) is 4.64. The number of methoxy groups -OCH3 is 1. The maximum atomic E-state index is 12.4. The van der Waals surface area contributed by atoms with Crippen molar-refractivity contribution >= 4 is 12.1 Å². The van der Waals surface area contributed by atoms with Crippen LogP contribution in [0.5, 0.6) is 5.75 Å². The minimum Gasteiger partial charge on any atom is -0.496 e. The molecule has 1 fully saturated rings. The topological polar surface area (TPSA) is 76.1 Å². The van der Waals surface area contributed by atoms with Crippen molar-refractivity contribution in [3.63, 3.8) is 0 Å². The monoisotopic (exact) mass is 355 g/mol. The first-order valence-corrected chi connectivity index (χ1v) is 8.41. The molecule has 0 spiro atoms. The maximum Gasteiger partial charge on any atom is 0.410 e. The van der Waals surface area contributed by atoms with Gasteiger partial charge in [-0.05, 0) is 17.2 Å². The number of carboxylic acids is 1. The van der Waals surface area contributed by atoms with Crippen molar-refractivity contribution in [1.82, 2.24) is 4.90 Å². The standard InChI is InChI=1S/C20H21NO5/c1-25-18-10-6-5-9-15(18)16-11-21(12-17(16)19(22)23)20(24)26-13-14-7-3-2-4-8-14/h2-10,16-17H,11-13H2,1H3,(H,22,23). The third-order valence-corrected chi connectivity index (χ3v) is 4.64. The molecule has 1 aliphatic rings. The second-order valence-corrected chi connectivity index (χ2v) is 6.24. The maximum absolute atomic E-state index is 12.4. The predicted molar refractivity (Wildman–Crippen MR) is 95.1 cm³/mol. The van der Waals surface area contributed by atoms with Crippen LogP contribution >= 0.6 is 0 Å². The molecule has 2 unspecified atom stereocenters. The van der Waals surface area contributed by atoms with Gasteiger partial charge in [0.15, 0.2) is 0 Å². The number of rotatable bonds is 5. The molecule has 136 valence electrons. The first-order chi connectivity index (χ1) is 12.6. The van der Waals surface area contributed by atoms with Gasteiger partial charge in [-0.25, -0.2) is 4.79 Å². The van der Waals surface area contributed by atoms with E-state index in [1.54, 1.807) is 13.2 Å². The lowest BCUT2D eigenvalue weighted by Gasteiger charge is -2.18. The summed E-state index contributed by atoms with van der Waals surface area (Å²) < 4.78 is 10.7. The van der Waals surface area contributed by atoms with Crippen LogP contribution in [-0.2, 0) is 16.1 Å². The number of hydrogen-bond acceptors (Lipinski definition) is 4. The summed E-state index contributed by atoms with van der Waals surface area (Å²) in [5.41, 5.74) is 1.68. The highest BCUT2D eigenvalue weighted by atomic mass is 16.6. The first-order valence-electron chi connectivity index (χ1n) is 8.41. The van der Waals surface area contributed by atoms with E-state index < -0.39 is 18.0 Å².